The van der Waals surface area contributed by atoms with Crippen LogP contribution < -0.4 is 14.9 Å². The smallest absolute Gasteiger partial charge is 0.412 e. The molecule has 3 N–H and O–H groups in total. The third kappa shape index (κ3) is 8.77. The van der Waals surface area contributed by atoms with Crippen molar-refractivity contribution in [3.05, 3.63) is 65.3 Å². The minimum Gasteiger partial charge on any atom is -0.465 e. The maximum Gasteiger partial charge on any atom is 0.412 e. The molecule has 0 aliphatic heterocycles. The zero-order valence-electron chi connectivity index (χ0n) is 25.2. The van der Waals surface area contributed by atoms with E-state index in [1.54, 1.807) is 39.1 Å². The van der Waals surface area contributed by atoms with Gasteiger partial charge in [0.1, 0.15) is 0 Å². The summed E-state index contributed by atoms with van der Waals surface area (Å²) in [6, 6.07) is 13.9. The minimum absolute atomic E-state index is 0.00832. The average Bonchev–Trinajstić information content (AvgIpc) is 3.41. The summed E-state index contributed by atoms with van der Waals surface area (Å²) < 4.78 is 35.3. The van der Waals surface area contributed by atoms with Crippen molar-refractivity contribution in [1.82, 2.24) is 15.0 Å². The van der Waals surface area contributed by atoms with Crippen LogP contribution in [0.3, 0.4) is 0 Å². The maximum atomic E-state index is 13.7. The zero-order chi connectivity index (χ0) is 31.4. The molecule has 2 aromatic carbocycles. The number of anilines is 1. The summed E-state index contributed by atoms with van der Waals surface area (Å²) in [5.74, 6) is 0.193. The van der Waals surface area contributed by atoms with Crippen molar-refractivity contribution < 1.29 is 27.9 Å². The number of nitrogens with zero attached hydrogens (tertiary/aromatic N) is 2. The van der Waals surface area contributed by atoms with Crippen LogP contribution >= 0.6 is 11.3 Å². The lowest BCUT2D eigenvalue weighted by Gasteiger charge is -2.28. The first-order valence-electron chi connectivity index (χ1n) is 14.4. The SMILES string of the molecule is CC(C)OC(=O)NC1CCC(c2ncc(-c3ccc(N(Cc4ccccc4)C(=O)O)cc3S(=O)(=O)NC(C)(C)C)s2)CC1. The van der Waals surface area contributed by atoms with E-state index in [1.807, 2.05) is 44.2 Å². The van der Waals surface area contributed by atoms with Gasteiger partial charge in [-0.3, -0.25) is 4.90 Å². The molecule has 10 nitrogen and oxygen atoms in total. The van der Waals surface area contributed by atoms with Crippen molar-refractivity contribution in [3.8, 4) is 10.4 Å². The van der Waals surface area contributed by atoms with Gasteiger partial charge < -0.3 is 15.2 Å². The van der Waals surface area contributed by atoms with Crippen LogP contribution in [0.15, 0.2) is 59.6 Å². The molecule has 43 heavy (non-hydrogen) atoms. The van der Waals surface area contributed by atoms with Gasteiger partial charge in [0.2, 0.25) is 10.0 Å². The summed E-state index contributed by atoms with van der Waals surface area (Å²) in [5.41, 5.74) is 0.734. The summed E-state index contributed by atoms with van der Waals surface area (Å²) in [5, 5.41) is 13.9. The van der Waals surface area contributed by atoms with E-state index in [4.69, 9.17) is 4.74 Å². The van der Waals surface area contributed by atoms with E-state index in [0.29, 0.717) is 10.4 Å². The van der Waals surface area contributed by atoms with Crippen LogP contribution in [-0.4, -0.2) is 48.4 Å². The summed E-state index contributed by atoms with van der Waals surface area (Å²) >= 11 is 1.44. The van der Waals surface area contributed by atoms with Gasteiger partial charge in [0.05, 0.1) is 27.4 Å². The molecule has 3 aromatic rings. The topological polar surface area (TPSA) is 138 Å². The number of carbonyl (C=O) groups excluding carboxylic acids is 1. The fraction of sp³-hybridized carbons (Fsp3) is 0.452. The molecule has 4 rings (SSSR count). The van der Waals surface area contributed by atoms with E-state index in [9.17, 15) is 23.1 Å². The second-order valence-electron chi connectivity index (χ2n) is 12.1. The maximum absolute atomic E-state index is 13.7. The van der Waals surface area contributed by atoms with E-state index in [1.165, 1.54) is 17.4 Å². The van der Waals surface area contributed by atoms with E-state index in [-0.39, 0.29) is 35.2 Å². The first-order valence-corrected chi connectivity index (χ1v) is 16.7. The molecular weight excluding hydrogens is 588 g/mol. The Balaban J connectivity index is 1.62. The van der Waals surface area contributed by atoms with Gasteiger partial charge in [-0.15, -0.1) is 11.3 Å². The third-order valence-corrected chi connectivity index (χ3v) is 9.94. The number of carbonyl (C=O) groups is 2. The number of thiazole rings is 1. The Morgan fingerprint density at radius 2 is 1.77 bits per heavy atom. The van der Waals surface area contributed by atoms with Crippen LogP contribution in [0.5, 0.6) is 0 Å². The van der Waals surface area contributed by atoms with E-state index in [2.05, 4.69) is 15.0 Å². The molecule has 1 fully saturated rings. The van der Waals surface area contributed by atoms with Crippen LogP contribution in [0.2, 0.25) is 0 Å². The highest BCUT2D eigenvalue weighted by Crippen LogP contribution is 2.40. The highest BCUT2D eigenvalue weighted by molar-refractivity contribution is 7.89. The largest absolute Gasteiger partial charge is 0.465 e. The molecule has 0 spiro atoms. The quantitative estimate of drug-likeness (QED) is 0.239. The molecule has 1 aliphatic carbocycles. The standard InChI is InChI=1S/C31H40N4O6S2/c1-20(2)41-29(36)33-23-13-11-22(12-14-23)28-32-18-26(42-28)25-16-15-24(17-27(25)43(39,40)34-31(3,4)5)35(30(37)38)19-21-9-7-6-8-10-21/h6-10,15-18,20,22-23,34H,11-14,19H2,1-5H3,(H,33,36)(H,37,38). The zero-order valence-corrected chi connectivity index (χ0v) is 26.8. The lowest BCUT2D eigenvalue weighted by atomic mass is 9.86. The fourth-order valence-corrected chi connectivity index (χ4v) is 7.95. The number of nitrogens with one attached hydrogen (secondary N) is 2. The van der Waals surface area contributed by atoms with Crippen molar-refractivity contribution in [2.75, 3.05) is 4.90 Å². The number of alkyl carbamates (subject to hydrolysis) is 1. The van der Waals surface area contributed by atoms with E-state index < -0.39 is 27.7 Å². The number of amides is 2. The van der Waals surface area contributed by atoms with Gasteiger partial charge >= 0.3 is 12.2 Å². The second-order valence-corrected chi connectivity index (χ2v) is 14.8. The first-order chi connectivity index (χ1) is 20.2. The van der Waals surface area contributed by atoms with Gasteiger partial charge in [-0.2, -0.15) is 0 Å². The highest BCUT2D eigenvalue weighted by Gasteiger charge is 2.30. The lowest BCUT2D eigenvalue weighted by Crippen LogP contribution is -2.40. The number of hydrogen-bond donors (Lipinski definition) is 3. The molecule has 0 bridgehead atoms. The molecule has 1 heterocycles. The molecule has 2 amide bonds. The predicted molar refractivity (Wildman–Crippen MR) is 168 cm³/mol. The van der Waals surface area contributed by atoms with Gasteiger partial charge in [0.15, 0.2) is 0 Å². The Morgan fingerprint density at radius 3 is 2.37 bits per heavy atom. The summed E-state index contributed by atoms with van der Waals surface area (Å²) in [4.78, 5) is 30.8. The van der Waals surface area contributed by atoms with E-state index in [0.717, 1.165) is 41.2 Å². The summed E-state index contributed by atoms with van der Waals surface area (Å²) in [6.07, 6.45) is 3.18. The molecule has 0 unspecified atom stereocenters. The van der Waals surface area contributed by atoms with Crippen molar-refractivity contribution in [1.29, 1.82) is 0 Å². The number of rotatable bonds is 9. The van der Waals surface area contributed by atoms with Crippen LogP contribution in [0.4, 0.5) is 15.3 Å². The van der Waals surface area contributed by atoms with Gasteiger partial charge in [0, 0.05) is 34.9 Å². The average molecular weight is 629 g/mol. The molecule has 0 saturated heterocycles. The van der Waals surface area contributed by atoms with Gasteiger partial charge in [-0.1, -0.05) is 36.4 Å². The Bertz CT molecular complexity index is 1530. The number of benzene rings is 2. The van der Waals surface area contributed by atoms with Crippen LogP contribution in [0, 0.1) is 0 Å². The van der Waals surface area contributed by atoms with Gasteiger partial charge in [0.25, 0.3) is 0 Å². The highest BCUT2D eigenvalue weighted by atomic mass is 32.2. The lowest BCUT2D eigenvalue weighted by molar-refractivity contribution is 0.109. The van der Waals surface area contributed by atoms with Crippen LogP contribution in [0.25, 0.3) is 10.4 Å². The normalized spacial score (nSPS) is 17.4. The predicted octanol–water partition coefficient (Wildman–Crippen LogP) is 6.73. The van der Waals surface area contributed by atoms with Crippen molar-refractivity contribution in [3.63, 3.8) is 0 Å². The number of sulfonamides is 1. The van der Waals surface area contributed by atoms with Crippen LogP contribution in [-0.2, 0) is 21.3 Å². The van der Waals surface area contributed by atoms with Gasteiger partial charge in [-0.25, -0.2) is 27.7 Å². The summed E-state index contributed by atoms with van der Waals surface area (Å²) in [7, 11) is -4.04. The van der Waals surface area contributed by atoms with Crippen LogP contribution in [0.1, 0.15) is 76.8 Å². The molecule has 0 radical (unpaired) electrons. The monoisotopic (exact) mass is 628 g/mol. The molecular formula is C31H40N4O6S2. The van der Waals surface area contributed by atoms with Crippen molar-refractivity contribution in [2.45, 2.75) is 95.3 Å². The minimum atomic E-state index is -4.04. The molecule has 1 aliphatic rings. The molecule has 1 saturated carbocycles. The number of carboxylic acid groups (broad SMARTS) is 1. The Kier molecular flexibility index (Phi) is 10.1. The summed E-state index contributed by atoms with van der Waals surface area (Å²) in [6.45, 7) is 8.96. The Morgan fingerprint density at radius 1 is 1.09 bits per heavy atom. The van der Waals surface area contributed by atoms with E-state index >= 15 is 0 Å². The fourth-order valence-electron chi connectivity index (χ4n) is 5.10. The third-order valence-electron chi connectivity index (χ3n) is 6.95. The van der Waals surface area contributed by atoms with Crippen molar-refractivity contribution in [2.24, 2.45) is 0 Å². The van der Waals surface area contributed by atoms with Crippen molar-refractivity contribution >= 4 is 39.2 Å². The molecule has 232 valence electrons. The molecule has 0 atom stereocenters. The Hall–Kier alpha value is -3.48. The number of aromatic nitrogens is 1. The van der Waals surface area contributed by atoms with Gasteiger partial charge in [-0.05, 0) is 78.0 Å². The molecule has 12 heteroatoms. The Labute approximate surface area is 257 Å². The molecule has 1 aromatic heterocycles. The second kappa shape index (κ2) is 13.4. The number of ether oxygens (including phenoxy) is 1. The first kappa shape index (κ1) is 32.4. The number of hydrogen-bond acceptors (Lipinski definition) is 7.